The zero-order valence-electron chi connectivity index (χ0n) is 23.4. The summed E-state index contributed by atoms with van der Waals surface area (Å²) in [6.07, 6.45) is -0.659. The Kier molecular flexibility index (Phi) is 9.09. The van der Waals surface area contributed by atoms with Crippen LogP contribution >= 0.6 is 0 Å². The number of ether oxygens (including phenoxy) is 3. The van der Waals surface area contributed by atoms with Gasteiger partial charge in [-0.1, -0.05) is 121 Å². The number of carbonyl (C=O) groups excluding carboxylic acids is 3. The lowest BCUT2D eigenvalue weighted by atomic mass is 9.80. The summed E-state index contributed by atoms with van der Waals surface area (Å²) in [6.45, 7) is 0.0310. The van der Waals surface area contributed by atoms with Crippen LogP contribution in [0.5, 0.6) is 0 Å². The summed E-state index contributed by atoms with van der Waals surface area (Å²) >= 11 is 0. The predicted octanol–water partition coefficient (Wildman–Crippen LogP) is 6.11. The van der Waals surface area contributed by atoms with Crippen LogP contribution in [0.15, 0.2) is 121 Å². The van der Waals surface area contributed by atoms with Crippen LogP contribution < -0.4 is 0 Å². The monoisotopic (exact) mass is 563 g/mol. The molecule has 1 heterocycles. The summed E-state index contributed by atoms with van der Waals surface area (Å²) in [5.74, 6) is -1.72. The van der Waals surface area contributed by atoms with Crippen molar-refractivity contribution in [1.82, 2.24) is 4.90 Å². The Morgan fingerprint density at radius 3 is 1.71 bits per heavy atom. The van der Waals surface area contributed by atoms with E-state index in [4.69, 9.17) is 14.2 Å². The highest BCUT2D eigenvalue weighted by atomic mass is 16.6. The first kappa shape index (κ1) is 28.8. The molecule has 0 aliphatic carbocycles. The molecule has 7 nitrogen and oxygen atoms in total. The first-order valence-corrected chi connectivity index (χ1v) is 13.9. The molecule has 1 fully saturated rings. The molecule has 214 valence electrons. The molecule has 5 rings (SSSR count). The van der Waals surface area contributed by atoms with Gasteiger partial charge >= 0.3 is 12.1 Å². The number of hydrogen-bond acceptors (Lipinski definition) is 6. The number of hydrogen-bond donors (Lipinski definition) is 0. The molecule has 0 radical (unpaired) electrons. The third-order valence-electron chi connectivity index (χ3n) is 7.58. The lowest BCUT2D eigenvalue weighted by Gasteiger charge is -2.37. The van der Waals surface area contributed by atoms with Crippen LogP contribution in [0.25, 0.3) is 0 Å². The molecule has 7 heteroatoms. The Bertz CT molecular complexity index is 1380. The van der Waals surface area contributed by atoms with E-state index in [1.54, 1.807) is 0 Å². The fourth-order valence-electron chi connectivity index (χ4n) is 5.53. The number of likely N-dealkylation sites (tertiary alicyclic amines) is 1. The maximum absolute atomic E-state index is 13.5. The zero-order chi connectivity index (χ0) is 29.4. The van der Waals surface area contributed by atoms with Gasteiger partial charge in [-0.3, -0.25) is 9.59 Å². The smallest absolute Gasteiger partial charge is 0.417 e. The Morgan fingerprint density at radius 2 is 1.24 bits per heavy atom. The van der Waals surface area contributed by atoms with Crippen LogP contribution in [-0.4, -0.2) is 42.6 Å². The fourth-order valence-corrected chi connectivity index (χ4v) is 5.53. The molecule has 1 aliphatic rings. The van der Waals surface area contributed by atoms with Gasteiger partial charge in [-0.05, 0) is 28.7 Å². The van der Waals surface area contributed by atoms with Crippen molar-refractivity contribution in [1.29, 1.82) is 0 Å². The zero-order valence-corrected chi connectivity index (χ0v) is 23.4. The molecule has 0 bridgehead atoms. The number of nitrogens with zero attached hydrogens (tertiary/aromatic N) is 1. The topological polar surface area (TPSA) is 82.1 Å². The summed E-state index contributed by atoms with van der Waals surface area (Å²) in [5, 5.41) is 0. The van der Waals surface area contributed by atoms with Crippen molar-refractivity contribution in [2.45, 2.75) is 31.1 Å². The molecular weight excluding hydrogens is 530 g/mol. The van der Waals surface area contributed by atoms with Crippen molar-refractivity contribution in [3.05, 3.63) is 144 Å². The number of imide groups is 1. The Labute approximate surface area is 245 Å². The molecule has 42 heavy (non-hydrogen) atoms. The lowest BCUT2D eigenvalue weighted by Crippen LogP contribution is -2.44. The molecule has 2 atom stereocenters. The molecule has 0 N–H and O–H groups in total. The molecule has 2 unspecified atom stereocenters. The second-order valence-corrected chi connectivity index (χ2v) is 10.2. The Hall–Kier alpha value is -4.75. The van der Waals surface area contributed by atoms with E-state index in [0.29, 0.717) is 0 Å². The van der Waals surface area contributed by atoms with Crippen molar-refractivity contribution in [2.75, 3.05) is 13.7 Å². The van der Waals surface area contributed by atoms with Gasteiger partial charge in [-0.15, -0.1) is 0 Å². The number of benzene rings is 4. The Balaban J connectivity index is 1.49. The highest BCUT2D eigenvalue weighted by Crippen LogP contribution is 2.41. The average molecular weight is 564 g/mol. The standard InChI is InChI=1S/C35H33NO6/c1-40-32(37)23-27-22-31(36(33(27)38)34(39)41-24-26-14-6-2-7-15-26)25-42-35(28-16-8-3-9-17-28,29-18-10-4-11-19-29)30-20-12-5-13-21-30/h2-21,27,31H,22-25H2,1H3. The molecule has 4 aromatic carbocycles. The third kappa shape index (κ3) is 6.11. The maximum Gasteiger partial charge on any atom is 0.417 e. The van der Waals surface area contributed by atoms with E-state index in [1.807, 2.05) is 121 Å². The first-order valence-electron chi connectivity index (χ1n) is 13.9. The van der Waals surface area contributed by atoms with Crippen molar-refractivity contribution in [3.63, 3.8) is 0 Å². The van der Waals surface area contributed by atoms with Gasteiger partial charge in [0.2, 0.25) is 5.91 Å². The van der Waals surface area contributed by atoms with E-state index in [1.165, 1.54) is 7.11 Å². The van der Waals surface area contributed by atoms with E-state index >= 15 is 0 Å². The fraction of sp³-hybridized carbons (Fsp3) is 0.229. The molecule has 0 saturated carbocycles. The molecule has 0 aromatic heterocycles. The minimum absolute atomic E-state index is 0.0146. The number of methoxy groups -OCH3 is 1. The second-order valence-electron chi connectivity index (χ2n) is 10.2. The summed E-state index contributed by atoms with van der Waals surface area (Å²) in [5.41, 5.74) is 2.46. The minimum atomic E-state index is -1.03. The maximum atomic E-state index is 13.5. The van der Waals surface area contributed by atoms with Gasteiger partial charge in [0.1, 0.15) is 12.2 Å². The van der Waals surface area contributed by atoms with Crippen LogP contribution in [0.2, 0.25) is 0 Å². The Morgan fingerprint density at radius 1 is 0.762 bits per heavy atom. The summed E-state index contributed by atoms with van der Waals surface area (Å²) in [6, 6.07) is 38.2. The summed E-state index contributed by atoms with van der Waals surface area (Å²) in [7, 11) is 1.28. The van der Waals surface area contributed by atoms with E-state index in [9.17, 15) is 14.4 Å². The lowest BCUT2D eigenvalue weighted by molar-refractivity contribution is -0.144. The normalized spacial score (nSPS) is 16.7. The van der Waals surface area contributed by atoms with E-state index in [2.05, 4.69) is 0 Å². The van der Waals surface area contributed by atoms with Crippen LogP contribution in [0.4, 0.5) is 4.79 Å². The molecule has 1 saturated heterocycles. The molecular formula is C35H33NO6. The predicted molar refractivity (Wildman–Crippen MR) is 157 cm³/mol. The molecule has 0 spiro atoms. The van der Waals surface area contributed by atoms with Crippen LogP contribution in [0, 0.1) is 5.92 Å². The highest BCUT2D eigenvalue weighted by Gasteiger charge is 2.47. The van der Waals surface area contributed by atoms with Crippen molar-refractivity contribution in [3.8, 4) is 0 Å². The number of amides is 2. The third-order valence-corrected chi connectivity index (χ3v) is 7.58. The summed E-state index contributed by atoms with van der Waals surface area (Å²) in [4.78, 5) is 40.2. The number of esters is 1. The van der Waals surface area contributed by atoms with Crippen molar-refractivity contribution >= 4 is 18.0 Å². The largest absolute Gasteiger partial charge is 0.469 e. The van der Waals surface area contributed by atoms with Gasteiger partial charge < -0.3 is 14.2 Å². The SMILES string of the molecule is COC(=O)CC1CC(COC(c2ccccc2)(c2ccccc2)c2ccccc2)N(C(=O)OCc2ccccc2)C1=O. The quantitative estimate of drug-likeness (QED) is 0.171. The minimum Gasteiger partial charge on any atom is -0.469 e. The van der Waals surface area contributed by atoms with Crippen molar-refractivity contribution in [2.24, 2.45) is 5.92 Å². The summed E-state index contributed by atoms with van der Waals surface area (Å²) < 4.78 is 17.3. The van der Waals surface area contributed by atoms with Gasteiger partial charge in [0.25, 0.3) is 0 Å². The van der Waals surface area contributed by atoms with Crippen molar-refractivity contribution < 1.29 is 28.6 Å². The molecule has 4 aromatic rings. The van der Waals surface area contributed by atoms with Gasteiger partial charge in [-0.2, -0.15) is 0 Å². The highest BCUT2D eigenvalue weighted by molar-refractivity contribution is 5.97. The van der Waals surface area contributed by atoms with E-state index in [0.717, 1.165) is 27.2 Å². The van der Waals surface area contributed by atoms with Gasteiger partial charge in [0.05, 0.1) is 32.1 Å². The van der Waals surface area contributed by atoms with Crippen LogP contribution in [0.1, 0.15) is 35.1 Å². The van der Waals surface area contributed by atoms with Gasteiger partial charge in [-0.25, -0.2) is 9.69 Å². The second kappa shape index (κ2) is 13.3. The average Bonchev–Trinajstić information content (AvgIpc) is 3.36. The van der Waals surface area contributed by atoms with Crippen LogP contribution in [0.3, 0.4) is 0 Å². The molecule has 1 aliphatic heterocycles. The van der Waals surface area contributed by atoms with E-state index < -0.39 is 35.5 Å². The first-order chi connectivity index (χ1) is 20.5. The van der Waals surface area contributed by atoms with Gasteiger partial charge in [0.15, 0.2) is 0 Å². The molecule has 2 amide bonds. The number of carbonyl (C=O) groups is 3. The number of rotatable bonds is 10. The van der Waals surface area contributed by atoms with E-state index in [-0.39, 0.29) is 26.1 Å². The van der Waals surface area contributed by atoms with Gasteiger partial charge in [0, 0.05) is 0 Å². The van der Waals surface area contributed by atoms with Crippen LogP contribution in [-0.2, 0) is 36.0 Å².